The second-order valence-corrected chi connectivity index (χ2v) is 5.19. The minimum absolute atomic E-state index is 0.0293. The Balaban J connectivity index is 2.73. The highest BCUT2D eigenvalue weighted by Crippen LogP contribution is 2.14. The number of hydrogen-bond acceptors (Lipinski definition) is 3. The SMILES string of the molecule is CNCC(C)C(=O)NC(CN(C)C)c1ccccc1. The Hall–Kier alpha value is -1.39. The van der Waals surface area contributed by atoms with Crippen LogP contribution in [0, 0.1) is 5.92 Å². The second-order valence-electron chi connectivity index (χ2n) is 5.19. The summed E-state index contributed by atoms with van der Waals surface area (Å²) in [6.45, 7) is 3.42. The molecule has 2 N–H and O–H groups in total. The molecule has 1 aromatic rings. The maximum absolute atomic E-state index is 12.1. The van der Waals surface area contributed by atoms with Crippen LogP contribution in [0.2, 0.25) is 0 Å². The maximum Gasteiger partial charge on any atom is 0.224 e. The van der Waals surface area contributed by atoms with Crippen LogP contribution >= 0.6 is 0 Å². The second kappa shape index (κ2) is 7.92. The average Bonchev–Trinajstić information content (AvgIpc) is 2.38. The van der Waals surface area contributed by atoms with Crippen molar-refractivity contribution in [3.05, 3.63) is 35.9 Å². The lowest BCUT2D eigenvalue weighted by atomic mass is 10.0. The Morgan fingerprint density at radius 2 is 1.89 bits per heavy atom. The standard InChI is InChI=1S/C15H25N3O/c1-12(10-16-2)15(19)17-14(11-18(3)4)13-8-6-5-7-9-13/h5-9,12,14,16H,10-11H2,1-4H3,(H,17,19). The molecule has 0 aromatic heterocycles. The van der Waals surface area contributed by atoms with E-state index in [-0.39, 0.29) is 17.9 Å². The van der Waals surface area contributed by atoms with Gasteiger partial charge in [0.15, 0.2) is 0 Å². The minimum Gasteiger partial charge on any atom is -0.348 e. The first-order valence-corrected chi connectivity index (χ1v) is 6.69. The number of nitrogens with zero attached hydrogens (tertiary/aromatic N) is 1. The Morgan fingerprint density at radius 1 is 1.26 bits per heavy atom. The number of hydrogen-bond donors (Lipinski definition) is 2. The van der Waals surface area contributed by atoms with E-state index < -0.39 is 0 Å². The van der Waals surface area contributed by atoms with Gasteiger partial charge in [0.25, 0.3) is 0 Å². The van der Waals surface area contributed by atoms with Gasteiger partial charge in [-0.3, -0.25) is 4.79 Å². The average molecular weight is 263 g/mol. The molecule has 0 aliphatic carbocycles. The largest absolute Gasteiger partial charge is 0.348 e. The fourth-order valence-electron chi connectivity index (χ4n) is 2.00. The zero-order valence-electron chi connectivity index (χ0n) is 12.3. The quantitative estimate of drug-likeness (QED) is 0.778. The summed E-state index contributed by atoms with van der Waals surface area (Å²) in [6, 6.07) is 10.1. The molecular weight excluding hydrogens is 238 g/mol. The molecule has 2 atom stereocenters. The highest BCUT2D eigenvalue weighted by atomic mass is 16.1. The first kappa shape index (κ1) is 15.7. The van der Waals surface area contributed by atoms with Crippen LogP contribution in [0.1, 0.15) is 18.5 Å². The van der Waals surface area contributed by atoms with E-state index in [2.05, 4.69) is 27.7 Å². The third kappa shape index (κ3) is 5.41. The van der Waals surface area contributed by atoms with Crippen LogP contribution in [0.4, 0.5) is 0 Å². The van der Waals surface area contributed by atoms with Gasteiger partial charge in [-0.2, -0.15) is 0 Å². The third-order valence-electron chi connectivity index (χ3n) is 3.02. The molecule has 4 heteroatoms. The van der Waals surface area contributed by atoms with Gasteiger partial charge in [0.2, 0.25) is 5.91 Å². The number of benzene rings is 1. The van der Waals surface area contributed by atoms with Crippen molar-refractivity contribution in [1.29, 1.82) is 0 Å². The van der Waals surface area contributed by atoms with Crippen LogP contribution < -0.4 is 10.6 Å². The van der Waals surface area contributed by atoms with Crippen molar-refractivity contribution in [3.8, 4) is 0 Å². The fraction of sp³-hybridized carbons (Fsp3) is 0.533. The first-order valence-electron chi connectivity index (χ1n) is 6.69. The summed E-state index contributed by atoms with van der Waals surface area (Å²) in [4.78, 5) is 14.2. The molecule has 0 aliphatic heterocycles. The monoisotopic (exact) mass is 263 g/mol. The van der Waals surface area contributed by atoms with Gasteiger partial charge >= 0.3 is 0 Å². The van der Waals surface area contributed by atoms with Crippen molar-refractivity contribution in [3.63, 3.8) is 0 Å². The molecule has 19 heavy (non-hydrogen) atoms. The van der Waals surface area contributed by atoms with E-state index >= 15 is 0 Å². The van der Waals surface area contributed by atoms with Gasteiger partial charge in [0.1, 0.15) is 0 Å². The van der Waals surface area contributed by atoms with Gasteiger partial charge in [-0.15, -0.1) is 0 Å². The van der Waals surface area contributed by atoms with Crippen LogP contribution in [-0.2, 0) is 4.79 Å². The number of nitrogens with one attached hydrogen (secondary N) is 2. The van der Waals surface area contributed by atoms with E-state index in [9.17, 15) is 4.79 Å². The Morgan fingerprint density at radius 3 is 2.42 bits per heavy atom. The van der Waals surface area contributed by atoms with Crippen molar-refractivity contribution < 1.29 is 4.79 Å². The molecule has 0 saturated heterocycles. The summed E-state index contributed by atoms with van der Waals surface area (Å²) in [5.74, 6) is 0.0587. The van der Waals surface area contributed by atoms with E-state index in [1.165, 1.54) is 0 Å². The smallest absolute Gasteiger partial charge is 0.224 e. The van der Waals surface area contributed by atoms with E-state index in [1.807, 2.05) is 46.3 Å². The third-order valence-corrected chi connectivity index (χ3v) is 3.02. The van der Waals surface area contributed by atoms with Gasteiger partial charge in [0, 0.05) is 19.0 Å². The molecule has 0 bridgehead atoms. The summed E-state index contributed by atoms with van der Waals surface area (Å²) in [5.41, 5.74) is 1.14. The Kier molecular flexibility index (Phi) is 6.53. The maximum atomic E-state index is 12.1. The van der Waals surface area contributed by atoms with Crippen molar-refractivity contribution in [2.75, 3.05) is 34.2 Å². The molecule has 4 nitrogen and oxygen atoms in total. The van der Waals surface area contributed by atoms with E-state index in [4.69, 9.17) is 0 Å². The molecule has 0 heterocycles. The zero-order valence-corrected chi connectivity index (χ0v) is 12.3. The van der Waals surface area contributed by atoms with Gasteiger partial charge < -0.3 is 15.5 Å². The van der Waals surface area contributed by atoms with E-state index in [0.29, 0.717) is 6.54 Å². The molecule has 1 aromatic carbocycles. The zero-order chi connectivity index (χ0) is 14.3. The molecule has 0 saturated carbocycles. The molecule has 0 spiro atoms. The number of carbonyl (C=O) groups excluding carboxylic acids is 1. The predicted molar refractivity (Wildman–Crippen MR) is 79.0 cm³/mol. The lowest BCUT2D eigenvalue weighted by Gasteiger charge is -2.24. The van der Waals surface area contributed by atoms with Crippen molar-refractivity contribution in [2.45, 2.75) is 13.0 Å². The van der Waals surface area contributed by atoms with Crippen molar-refractivity contribution >= 4 is 5.91 Å². The van der Waals surface area contributed by atoms with Gasteiger partial charge in [0.05, 0.1) is 6.04 Å². The summed E-state index contributed by atoms with van der Waals surface area (Å²) in [7, 11) is 5.89. The fourth-order valence-corrected chi connectivity index (χ4v) is 2.00. The normalized spacial score (nSPS) is 14.2. The van der Waals surface area contributed by atoms with Crippen LogP contribution in [0.3, 0.4) is 0 Å². The van der Waals surface area contributed by atoms with Crippen LogP contribution in [-0.4, -0.2) is 45.0 Å². The van der Waals surface area contributed by atoms with Crippen molar-refractivity contribution in [2.24, 2.45) is 5.92 Å². The number of rotatable bonds is 7. The highest BCUT2D eigenvalue weighted by molar-refractivity contribution is 5.79. The van der Waals surface area contributed by atoms with Crippen molar-refractivity contribution in [1.82, 2.24) is 15.5 Å². The van der Waals surface area contributed by atoms with Gasteiger partial charge in [-0.25, -0.2) is 0 Å². The molecule has 0 radical (unpaired) electrons. The topological polar surface area (TPSA) is 44.4 Å². The molecule has 1 rings (SSSR count). The molecule has 106 valence electrons. The molecule has 0 fully saturated rings. The lowest BCUT2D eigenvalue weighted by molar-refractivity contribution is -0.125. The number of carbonyl (C=O) groups is 1. The summed E-state index contributed by atoms with van der Waals surface area (Å²) >= 11 is 0. The van der Waals surface area contributed by atoms with E-state index in [1.54, 1.807) is 0 Å². The number of likely N-dealkylation sites (N-methyl/N-ethyl adjacent to an activating group) is 1. The minimum atomic E-state index is -0.0293. The first-order chi connectivity index (χ1) is 9.04. The molecule has 1 amide bonds. The highest BCUT2D eigenvalue weighted by Gasteiger charge is 2.18. The van der Waals surface area contributed by atoms with Crippen LogP contribution in [0.5, 0.6) is 0 Å². The summed E-state index contributed by atoms with van der Waals surface area (Å²) in [6.07, 6.45) is 0. The molecular formula is C15H25N3O. The lowest BCUT2D eigenvalue weighted by Crippen LogP contribution is -2.40. The number of amides is 1. The molecule has 2 unspecified atom stereocenters. The summed E-state index contributed by atoms with van der Waals surface area (Å²) < 4.78 is 0. The van der Waals surface area contributed by atoms with E-state index in [0.717, 1.165) is 12.1 Å². The predicted octanol–water partition coefficient (Wildman–Crippen LogP) is 1.26. The Labute approximate surface area is 116 Å². The van der Waals surface area contributed by atoms with Gasteiger partial charge in [-0.1, -0.05) is 37.3 Å². The van der Waals surface area contributed by atoms with Crippen LogP contribution in [0.25, 0.3) is 0 Å². The van der Waals surface area contributed by atoms with Crippen LogP contribution in [0.15, 0.2) is 30.3 Å². The summed E-state index contributed by atoms with van der Waals surface area (Å²) in [5, 5.41) is 6.16. The van der Waals surface area contributed by atoms with Gasteiger partial charge in [-0.05, 0) is 26.7 Å². The Bertz CT molecular complexity index is 378. The molecule has 0 aliphatic rings.